The van der Waals surface area contributed by atoms with Crippen molar-refractivity contribution in [1.29, 1.82) is 0 Å². The molecule has 0 saturated carbocycles. The number of hydrogen-bond acceptors (Lipinski definition) is 5. The van der Waals surface area contributed by atoms with Crippen molar-refractivity contribution < 1.29 is 13.6 Å². The van der Waals surface area contributed by atoms with Gasteiger partial charge in [-0.05, 0) is 81.7 Å². The lowest BCUT2D eigenvalue weighted by molar-refractivity contribution is 0.0951. The average molecular weight is 625 g/mol. The Morgan fingerprint density at radius 3 is 2.55 bits per heavy atom. The molecule has 1 amide bonds. The number of nitrogens with zero attached hydrogens (tertiary/aromatic N) is 4. The predicted molar refractivity (Wildman–Crippen MR) is 161 cm³/mol. The van der Waals surface area contributed by atoms with Crippen LogP contribution in [0.3, 0.4) is 0 Å². The van der Waals surface area contributed by atoms with Crippen LogP contribution in [0.2, 0.25) is 0 Å². The number of benzene rings is 2. The third kappa shape index (κ3) is 5.75. The molecule has 2 aromatic carbocycles. The molecule has 0 saturated heterocycles. The first-order valence-electron chi connectivity index (χ1n) is 13.0. The fourth-order valence-corrected chi connectivity index (χ4v) is 5.00. The van der Waals surface area contributed by atoms with Gasteiger partial charge in [0.05, 0.1) is 17.8 Å². The highest BCUT2D eigenvalue weighted by Gasteiger charge is 2.16. The van der Waals surface area contributed by atoms with Crippen molar-refractivity contribution >= 4 is 38.7 Å². The number of aromatic nitrogens is 4. The number of carbonyl (C=O) groups excluding carboxylic acids is 1. The van der Waals surface area contributed by atoms with Gasteiger partial charge in [0.15, 0.2) is 11.6 Å². The predicted octanol–water partition coefficient (Wildman–Crippen LogP) is 7.07. The lowest BCUT2D eigenvalue weighted by Crippen LogP contribution is -2.24. The van der Waals surface area contributed by atoms with Crippen molar-refractivity contribution in [2.45, 2.75) is 13.1 Å². The Balaban J connectivity index is 1.22. The quantitative estimate of drug-likeness (QED) is 0.189. The Kier molecular flexibility index (Phi) is 7.70. The molecular weight excluding hydrogens is 602 g/mol. The molecule has 2 N–H and O–H groups in total. The summed E-state index contributed by atoms with van der Waals surface area (Å²) in [6.45, 7) is 0.350. The van der Waals surface area contributed by atoms with Crippen molar-refractivity contribution in [2.75, 3.05) is 5.32 Å². The van der Waals surface area contributed by atoms with E-state index in [2.05, 4.69) is 58.3 Å². The third-order valence-electron chi connectivity index (χ3n) is 6.70. The lowest BCUT2D eigenvalue weighted by Gasteiger charge is -2.12. The molecule has 4 heterocycles. The standard InChI is InChI=1S/C32H23BrF2N6O/c33-22-15-26-27(19-41(31(26)39-17-22)24-5-2-1-3-6-24)21-10-12-36-23(14-21)18-38-30-25(7-4-11-37-30)32(42)40-16-20-8-9-28(34)29(35)13-20/h1-15,17,19H,16,18H2,(H,37,38)(H,40,42). The molecule has 0 fully saturated rings. The summed E-state index contributed by atoms with van der Waals surface area (Å²) in [5, 5.41) is 6.93. The zero-order chi connectivity index (χ0) is 29.1. The Bertz CT molecular complexity index is 1910. The van der Waals surface area contributed by atoms with E-state index in [9.17, 15) is 13.6 Å². The summed E-state index contributed by atoms with van der Waals surface area (Å²) in [5.74, 6) is -1.92. The van der Waals surface area contributed by atoms with E-state index in [1.54, 1.807) is 30.7 Å². The number of fused-ring (bicyclic) bond motifs is 1. The summed E-state index contributed by atoms with van der Waals surface area (Å²) in [4.78, 5) is 26.5. The highest BCUT2D eigenvalue weighted by atomic mass is 79.9. The third-order valence-corrected chi connectivity index (χ3v) is 7.13. The number of hydrogen-bond donors (Lipinski definition) is 2. The lowest BCUT2D eigenvalue weighted by atomic mass is 10.1. The van der Waals surface area contributed by atoms with Crippen molar-refractivity contribution in [2.24, 2.45) is 0 Å². The van der Waals surface area contributed by atoms with Crippen LogP contribution < -0.4 is 10.6 Å². The molecule has 42 heavy (non-hydrogen) atoms. The SMILES string of the molecule is O=C(NCc1ccc(F)c(F)c1)c1cccnc1NCc1cc(-c2cn(-c3ccccc3)c3ncc(Br)cc23)ccn1. The van der Waals surface area contributed by atoms with E-state index in [0.29, 0.717) is 23.5 Å². The Morgan fingerprint density at radius 2 is 1.71 bits per heavy atom. The van der Waals surface area contributed by atoms with Gasteiger partial charge in [-0.1, -0.05) is 24.3 Å². The normalized spacial score (nSPS) is 11.0. The molecule has 0 aliphatic rings. The molecule has 0 unspecified atom stereocenters. The van der Waals surface area contributed by atoms with Crippen molar-refractivity contribution in [3.8, 4) is 16.8 Å². The van der Waals surface area contributed by atoms with Crippen LogP contribution in [0.15, 0.2) is 108 Å². The van der Waals surface area contributed by atoms with E-state index in [1.807, 2.05) is 42.5 Å². The van der Waals surface area contributed by atoms with Gasteiger partial charge >= 0.3 is 0 Å². The number of anilines is 1. The molecule has 0 spiro atoms. The minimum absolute atomic E-state index is 0.0372. The van der Waals surface area contributed by atoms with Gasteiger partial charge in [0.1, 0.15) is 11.5 Å². The molecule has 0 aliphatic carbocycles. The van der Waals surface area contributed by atoms with Gasteiger partial charge in [0, 0.05) is 52.4 Å². The minimum atomic E-state index is -0.964. The molecule has 6 aromatic rings. The first-order valence-corrected chi connectivity index (χ1v) is 13.8. The first-order chi connectivity index (χ1) is 20.5. The van der Waals surface area contributed by atoms with E-state index in [1.165, 1.54) is 6.07 Å². The second-order valence-corrected chi connectivity index (χ2v) is 10.4. The maximum atomic E-state index is 13.5. The summed E-state index contributed by atoms with van der Waals surface area (Å²) in [5.41, 5.74) is 5.31. The van der Waals surface area contributed by atoms with E-state index in [-0.39, 0.29) is 6.54 Å². The Hall–Kier alpha value is -4.96. The summed E-state index contributed by atoms with van der Waals surface area (Å²) >= 11 is 3.55. The molecule has 0 bridgehead atoms. The van der Waals surface area contributed by atoms with Gasteiger partial charge in [-0.2, -0.15) is 0 Å². The van der Waals surface area contributed by atoms with Crippen LogP contribution in [-0.2, 0) is 13.1 Å². The van der Waals surface area contributed by atoms with E-state index in [0.717, 1.165) is 50.1 Å². The molecule has 0 atom stereocenters. The van der Waals surface area contributed by atoms with Crippen LogP contribution in [0.5, 0.6) is 0 Å². The van der Waals surface area contributed by atoms with Gasteiger partial charge in [0.2, 0.25) is 0 Å². The second kappa shape index (κ2) is 11.9. The molecule has 10 heteroatoms. The maximum absolute atomic E-state index is 13.5. The van der Waals surface area contributed by atoms with Crippen molar-refractivity contribution in [3.05, 3.63) is 137 Å². The fourth-order valence-electron chi connectivity index (χ4n) is 4.67. The van der Waals surface area contributed by atoms with Crippen LogP contribution in [0.4, 0.5) is 14.6 Å². The highest BCUT2D eigenvalue weighted by molar-refractivity contribution is 9.10. The van der Waals surface area contributed by atoms with Gasteiger partial charge in [0.25, 0.3) is 5.91 Å². The summed E-state index contributed by atoms with van der Waals surface area (Å²) in [6.07, 6.45) is 7.19. The molecular formula is C32H23BrF2N6O. The van der Waals surface area contributed by atoms with Crippen LogP contribution in [-0.4, -0.2) is 25.4 Å². The van der Waals surface area contributed by atoms with E-state index < -0.39 is 17.5 Å². The number of para-hydroxylation sites is 1. The number of amides is 1. The molecule has 0 radical (unpaired) electrons. The van der Waals surface area contributed by atoms with Gasteiger partial charge in [-0.25, -0.2) is 18.7 Å². The average Bonchev–Trinajstić information content (AvgIpc) is 3.40. The minimum Gasteiger partial charge on any atom is -0.364 e. The molecule has 208 valence electrons. The van der Waals surface area contributed by atoms with Crippen molar-refractivity contribution in [3.63, 3.8) is 0 Å². The molecule has 7 nitrogen and oxygen atoms in total. The Morgan fingerprint density at radius 1 is 0.857 bits per heavy atom. The zero-order valence-electron chi connectivity index (χ0n) is 22.1. The first kappa shape index (κ1) is 27.2. The summed E-state index contributed by atoms with van der Waals surface area (Å²) in [6, 6.07) is 22.8. The topological polar surface area (TPSA) is 84.7 Å². The number of carbonyl (C=O) groups is 1. The number of halogens is 3. The van der Waals surface area contributed by atoms with E-state index in [4.69, 9.17) is 0 Å². The van der Waals surface area contributed by atoms with Gasteiger partial charge in [-0.3, -0.25) is 9.78 Å². The van der Waals surface area contributed by atoms with Crippen molar-refractivity contribution in [1.82, 2.24) is 24.8 Å². The number of pyridine rings is 3. The highest BCUT2D eigenvalue weighted by Crippen LogP contribution is 2.33. The fraction of sp³-hybridized carbons (Fsp3) is 0.0625. The van der Waals surface area contributed by atoms with Crippen LogP contribution >= 0.6 is 15.9 Å². The van der Waals surface area contributed by atoms with Gasteiger partial charge in [-0.15, -0.1) is 0 Å². The van der Waals surface area contributed by atoms with Gasteiger partial charge < -0.3 is 15.2 Å². The van der Waals surface area contributed by atoms with E-state index >= 15 is 0 Å². The molecule has 4 aromatic heterocycles. The number of rotatable bonds is 8. The summed E-state index contributed by atoms with van der Waals surface area (Å²) in [7, 11) is 0. The summed E-state index contributed by atoms with van der Waals surface area (Å²) < 4.78 is 29.7. The smallest absolute Gasteiger partial charge is 0.255 e. The monoisotopic (exact) mass is 624 g/mol. The van der Waals surface area contributed by atoms with Crippen LogP contribution in [0, 0.1) is 11.6 Å². The maximum Gasteiger partial charge on any atom is 0.255 e. The Labute approximate surface area is 248 Å². The second-order valence-electron chi connectivity index (χ2n) is 9.49. The van der Waals surface area contributed by atoms with Crippen LogP contribution in [0.25, 0.3) is 27.8 Å². The number of nitrogens with one attached hydrogen (secondary N) is 2. The zero-order valence-corrected chi connectivity index (χ0v) is 23.6. The van der Waals surface area contributed by atoms with Crippen LogP contribution in [0.1, 0.15) is 21.6 Å². The molecule has 6 rings (SSSR count). The largest absolute Gasteiger partial charge is 0.364 e. The molecule has 0 aliphatic heterocycles.